The van der Waals surface area contributed by atoms with Crippen molar-refractivity contribution in [1.82, 2.24) is 0 Å². The van der Waals surface area contributed by atoms with Crippen LogP contribution in [0.25, 0.3) is 0 Å². The molecule has 0 heterocycles. The Bertz CT molecular complexity index is 252. The van der Waals surface area contributed by atoms with E-state index in [0.29, 0.717) is 0 Å². The number of carbonyl (C=O) groups is 2. The molecule has 0 saturated heterocycles. The molecule has 66 valence electrons. The van der Waals surface area contributed by atoms with Gasteiger partial charge < -0.3 is 10.8 Å². The van der Waals surface area contributed by atoms with Crippen LogP contribution in [0.4, 0.5) is 0 Å². The highest BCUT2D eigenvalue weighted by molar-refractivity contribution is 5.87. The van der Waals surface area contributed by atoms with Crippen LogP contribution in [0, 0.1) is 22.7 Å². The summed E-state index contributed by atoms with van der Waals surface area (Å²) in [6, 6.07) is 1.52. The second-order valence-corrected chi connectivity index (χ2v) is 2.99. The van der Waals surface area contributed by atoms with E-state index in [1.165, 1.54) is 19.9 Å². The summed E-state index contributed by atoms with van der Waals surface area (Å²) in [6.45, 7) is 2.66. The molecule has 0 saturated carbocycles. The van der Waals surface area contributed by atoms with Gasteiger partial charge >= 0.3 is 5.97 Å². The number of carboxylic acid groups (broad SMARTS) is 1. The summed E-state index contributed by atoms with van der Waals surface area (Å²) in [5.41, 5.74) is 3.60. The quantitative estimate of drug-likeness (QED) is 0.607. The van der Waals surface area contributed by atoms with Crippen LogP contribution in [0.3, 0.4) is 0 Å². The third kappa shape index (κ3) is 1.72. The molecule has 3 N–H and O–H groups in total. The molecule has 0 aromatic carbocycles. The average molecular weight is 170 g/mol. The van der Waals surface area contributed by atoms with E-state index in [9.17, 15) is 9.59 Å². The van der Waals surface area contributed by atoms with Crippen LogP contribution in [0.1, 0.15) is 13.8 Å². The molecular weight excluding hydrogens is 160 g/mol. The van der Waals surface area contributed by atoms with Crippen LogP contribution >= 0.6 is 0 Å². The van der Waals surface area contributed by atoms with Crippen molar-refractivity contribution in [1.29, 1.82) is 5.26 Å². The molecule has 12 heavy (non-hydrogen) atoms. The number of amides is 1. The van der Waals surface area contributed by atoms with Crippen molar-refractivity contribution in [3.8, 4) is 6.07 Å². The third-order valence-corrected chi connectivity index (χ3v) is 1.73. The lowest BCUT2D eigenvalue weighted by Gasteiger charge is -2.22. The lowest BCUT2D eigenvalue weighted by molar-refractivity contribution is -0.147. The summed E-state index contributed by atoms with van der Waals surface area (Å²) in [6.07, 6.45) is 0. The van der Waals surface area contributed by atoms with E-state index in [1.807, 2.05) is 0 Å². The van der Waals surface area contributed by atoms with Gasteiger partial charge in [-0.3, -0.25) is 9.59 Å². The molecule has 5 heteroatoms. The topological polar surface area (TPSA) is 104 Å². The summed E-state index contributed by atoms with van der Waals surface area (Å²) in [5, 5.41) is 17.0. The number of nitriles is 1. The monoisotopic (exact) mass is 170 g/mol. The number of primary amides is 1. The van der Waals surface area contributed by atoms with Crippen molar-refractivity contribution in [3.63, 3.8) is 0 Å². The predicted octanol–water partition coefficient (Wildman–Crippen LogP) is -0.278. The van der Waals surface area contributed by atoms with E-state index in [2.05, 4.69) is 0 Å². The minimum atomic E-state index is -1.39. The zero-order valence-electron chi connectivity index (χ0n) is 6.87. The molecule has 0 aliphatic heterocycles. The normalized spacial score (nSPS) is 13.1. The molecule has 0 aliphatic rings. The van der Waals surface area contributed by atoms with Crippen LogP contribution in [0.5, 0.6) is 0 Å². The van der Waals surface area contributed by atoms with E-state index in [1.54, 1.807) is 0 Å². The van der Waals surface area contributed by atoms with Gasteiger partial charge in [-0.15, -0.1) is 0 Å². The molecule has 1 amide bonds. The maximum absolute atomic E-state index is 10.7. The summed E-state index contributed by atoms with van der Waals surface area (Å²) in [5.74, 6) is -3.52. The van der Waals surface area contributed by atoms with Crippen molar-refractivity contribution in [2.45, 2.75) is 13.8 Å². The highest BCUT2D eigenvalue weighted by Crippen LogP contribution is 2.25. The van der Waals surface area contributed by atoms with Crippen LogP contribution in [-0.4, -0.2) is 17.0 Å². The number of nitrogens with two attached hydrogens (primary N) is 1. The third-order valence-electron chi connectivity index (χ3n) is 1.73. The molecule has 0 aromatic rings. The SMILES string of the molecule is CC(C)(C(N)=O)C(C#N)C(=O)O. The Balaban J connectivity index is 4.87. The fourth-order valence-electron chi connectivity index (χ4n) is 0.668. The van der Waals surface area contributed by atoms with Gasteiger partial charge in [0.25, 0.3) is 0 Å². The molecule has 0 radical (unpaired) electrons. The van der Waals surface area contributed by atoms with Gasteiger partial charge in [0.05, 0.1) is 11.5 Å². The Morgan fingerprint density at radius 1 is 1.58 bits per heavy atom. The van der Waals surface area contributed by atoms with Crippen LogP contribution < -0.4 is 5.73 Å². The molecule has 1 atom stereocenters. The van der Waals surface area contributed by atoms with Crippen molar-refractivity contribution >= 4 is 11.9 Å². The molecule has 0 aromatic heterocycles. The maximum atomic E-state index is 10.7. The van der Waals surface area contributed by atoms with Gasteiger partial charge in [-0.25, -0.2) is 0 Å². The summed E-state index contributed by atoms with van der Waals surface area (Å²) in [4.78, 5) is 21.2. The van der Waals surface area contributed by atoms with Gasteiger partial charge in [-0.1, -0.05) is 0 Å². The molecule has 1 unspecified atom stereocenters. The van der Waals surface area contributed by atoms with Gasteiger partial charge in [0.15, 0.2) is 5.92 Å². The number of aliphatic carboxylic acids is 1. The van der Waals surface area contributed by atoms with Crippen molar-refractivity contribution < 1.29 is 14.7 Å². The molecule has 0 fully saturated rings. The number of hydrogen-bond donors (Lipinski definition) is 2. The molecular formula is C7H10N2O3. The fourth-order valence-corrected chi connectivity index (χ4v) is 0.668. The van der Waals surface area contributed by atoms with E-state index < -0.39 is 23.2 Å². The van der Waals surface area contributed by atoms with Gasteiger partial charge in [-0.2, -0.15) is 5.26 Å². The van der Waals surface area contributed by atoms with Crippen molar-refractivity contribution in [2.24, 2.45) is 17.1 Å². The molecule has 0 aliphatic carbocycles. The highest BCUT2D eigenvalue weighted by Gasteiger charge is 2.40. The van der Waals surface area contributed by atoms with Crippen LogP contribution in [0.15, 0.2) is 0 Å². The highest BCUT2D eigenvalue weighted by atomic mass is 16.4. The number of hydrogen-bond acceptors (Lipinski definition) is 3. The first kappa shape index (κ1) is 10.4. The van der Waals surface area contributed by atoms with E-state index in [4.69, 9.17) is 16.1 Å². The summed E-state index contributed by atoms with van der Waals surface area (Å²) in [7, 11) is 0. The standard InChI is InChI=1S/C7H10N2O3/c1-7(2,6(9)12)4(3-8)5(10)11/h4H,1-2H3,(H2,9,12)(H,10,11). The summed E-state index contributed by atoms with van der Waals surface area (Å²) >= 11 is 0. The number of nitrogens with zero attached hydrogens (tertiary/aromatic N) is 1. The lowest BCUT2D eigenvalue weighted by Crippen LogP contribution is -2.41. The Kier molecular flexibility index (Phi) is 2.80. The summed E-state index contributed by atoms with van der Waals surface area (Å²) < 4.78 is 0. The zero-order valence-corrected chi connectivity index (χ0v) is 6.87. The minimum absolute atomic E-state index is 0.795. The second kappa shape index (κ2) is 3.22. The Labute approximate surface area is 69.8 Å². The fraction of sp³-hybridized carbons (Fsp3) is 0.571. The largest absolute Gasteiger partial charge is 0.480 e. The smallest absolute Gasteiger partial charge is 0.321 e. The molecule has 5 nitrogen and oxygen atoms in total. The minimum Gasteiger partial charge on any atom is -0.480 e. The van der Waals surface area contributed by atoms with E-state index in [0.717, 1.165) is 0 Å². The van der Waals surface area contributed by atoms with E-state index >= 15 is 0 Å². The first-order valence-electron chi connectivity index (χ1n) is 3.26. The van der Waals surface area contributed by atoms with Gasteiger partial charge in [0.2, 0.25) is 5.91 Å². The molecule has 0 bridgehead atoms. The number of carbonyl (C=O) groups excluding carboxylic acids is 1. The van der Waals surface area contributed by atoms with E-state index in [-0.39, 0.29) is 0 Å². The average Bonchev–Trinajstić information content (AvgIpc) is 1.86. The predicted molar refractivity (Wildman–Crippen MR) is 39.7 cm³/mol. The number of carboxylic acids is 1. The van der Waals surface area contributed by atoms with Crippen LogP contribution in [-0.2, 0) is 9.59 Å². The molecule has 0 spiro atoms. The Morgan fingerprint density at radius 3 is 2.08 bits per heavy atom. The van der Waals surface area contributed by atoms with Crippen LogP contribution in [0.2, 0.25) is 0 Å². The Hall–Kier alpha value is -1.57. The maximum Gasteiger partial charge on any atom is 0.321 e. The lowest BCUT2D eigenvalue weighted by atomic mass is 9.79. The Morgan fingerprint density at radius 2 is 2.00 bits per heavy atom. The van der Waals surface area contributed by atoms with Gasteiger partial charge in [0, 0.05) is 0 Å². The van der Waals surface area contributed by atoms with Gasteiger partial charge in [-0.05, 0) is 13.8 Å². The second-order valence-electron chi connectivity index (χ2n) is 2.99. The first-order chi connectivity index (χ1) is 5.34. The number of rotatable bonds is 3. The van der Waals surface area contributed by atoms with Crippen molar-refractivity contribution in [3.05, 3.63) is 0 Å². The first-order valence-corrected chi connectivity index (χ1v) is 3.26. The zero-order chi connectivity index (χ0) is 9.94. The van der Waals surface area contributed by atoms with Gasteiger partial charge in [0.1, 0.15) is 0 Å². The molecule has 0 rings (SSSR count). The van der Waals surface area contributed by atoms with Crippen molar-refractivity contribution in [2.75, 3.05) is 0 Å².